The molecule has 0 radical (unpaired) electrons. The first kappa shape index (κ1) is 20.2. The molecule has 0 bridgehead atoms. The van der Waals surface area contributed by atoms with E-state index in [1.165, 1.54) is 0 Å². The number of piperidine rings is 1. The number of likely N-dealkylation sites (tertiary alicyclic amines) is 1. The Labute approximate surface area is 177 Å². The van der Waals surface area contributed by atoms with E-state index in [2.05, 4.69) is 21.3 Å². The molecule has 2 fully saturated rings. The van der Waals surface area contributed by atoms with Crippen molar-refractivity contribution in [1.82, 2.24) is 20.1 Å². The molecule has 2 saturated heterocycles. The predicted octanol–water partition coefficient (Wildman–Crippen LogP) is 2.56. The molecule has 1 aromatic heterocycles. The number of amides is 3. The van der Waals surface area contributed by atoms with Crippen LogP contribution in [-0.4, -0.2) is 73.0 Å². The van der Waals surface area contributed by atoms with Crippen molar-refractivity contribution in [3.05, 3.63) is 59.8 Å². The van der Waals surface area contributed by atoms with Crippen molar-refractivity contribution in [3.8, 4) is 0 Å². The van der Waals surface area contributed by atoms with Gasteiger partial charge in [0.05, 0.1) is 0 Å². The van der Waals surface area contributed by atoms with Crippen LogP contribution in [0.1, 0.15) is 34.7 Å². The van der Waals surface area contributed by atoms with Gasteiger partial charge in [-0.1, -0.05) is 18.2 Å². The van der Waals surface area contributed by atoms with Crippen LogP contribution in [0.2, 0.25) is 0 Å². The van der Waals surface area contributed by atoms with Gasteiger partial charge in [0.1, 0.15) is 5.82 Å². The maximum atomic E-state index is 13.1. The Morgan fingerprint density at radius 3 is 2.57 bits per heavy atom. The van der Waals surface area contributed by atoms with Gasteiger partial charge in [-0.25, -0.2) is 9.78 Å². The number of nitrogens with one attached hydrogen (secondary N) is 1. The SMILES string of the molecule is CNC(=O)N1CCC[C@H](c2cccc(C(=O)N3CCN(c4ccccn4)CC3)c2)C1. The summed E-state index contributed by atoms with van der Waals surface area (Å²) in [7, 11) is 1.67. The summed E-state index contributed by atoms with van der Waals surface area (Å²) in [6.07, 6.45) is 3.81. The first-order valence-electron chi connectivity index (χ1n) is 10.7. The Morgan fingerprint density at radius 2 is 1.83 bits per heavy atom. The van der Waals surface area contributed by atoms with E-state index in [4.69, 9.17) is 0 Å². The van der Waals surface area contributed by atoms with E-state index in [1.807, 2.05) is 46.2 Å². The van der Waals surface area contributed by atoms with Crippen LogP contribution in [0.15, 0.2) is 48.7 Å². The van der Waals surface area contributed by atoms with Crippen LogP contribution < -0.4 is 10.2 Å². The van der Waals surface area contributed by atoms with Gasteiger partial charge in [0, 0.05) is 64.0 Å². The summed E-state index contributed by atoms with van der Waals surface area (Å²) < 4.78 is 0. The van der Waals surface area contributed by atoms with Crippen molar-refractivity contribution < 1.29 is 9.59 Å². The number of hydrogen-bond acceptors (Lipinski definition) is 4. The summed E-state index contributed by atoms with van der Waals surface area (Å²) in [4.78, 5) is 35.5. The second-order valence-corrected chi connectivity index (χ2v) is 7.93. The van der Waals surface area contributed by atoms with Gasteiger partial charge in [-0.05, 0) is 42.7 Å². The van der Waals surface area contributed by atoms with E-state index in [1.54, 1.807) is 13.2 Å². The molecule has 3 amide bonds. The molecular weight excluding hydrogens is 378 g/mol. The minimum atomic E-state index is -0.0299. The maximum Gasteiger partial charge on any atom is 0.317 e. The highest BCUT2D eigenvalue weighted by molar-refractivity contribution is 5.94. The van der Waals surface area contributed by atoms with Crippen molar-refractivity contribution in [3.63, 3.8) is 0 Å². The van der Waals surface area contributed by atoms with Crippen LogP contribution in [0, 0.1) is 0 Å². The van der Waals surface area contributed by atoms with Crippen molar-refractivity contribution in [2.45, 2.75) is 18.8 Å². The lowest BCUT2D eigenvalue weighted by Gasteiger charge is -2.35. The molecule has 1 N–H and O–H groups in total. The van der Waals surface area contributed by atoms with Crippen molar-refractivity contribution in [2.75, 3.05) is 51.2 Å². The average molecular weight is 408 g/mol. The molecule has 30 heavy (non-hydrogen) atoms. The Kier molecular flexibility index (Phi) is 6.16. The zero-order chi connectivity index (χ0) is 20.9. The summed E-state index contributed by atoms with van der Waals surface area (Å²) in [5, 5.41) is 2.71. The molecule has 1 atom stereocenters. The molecule has 1 aromatic carbocycles. The standard InChI is InChI=1S/C23H29N5O2/c1-24-23(30)28-11-5-8-20(17-28)18-6-4-7-19(16-18)22(29)27-14-12-26(13-15-27)21-9-2-3-10-25-21/h2-4,6-7,9-10,16,20H,5,8,11-15,17H2,1H3,(H,24,30)/t20-/m0/s1. The lowest BCUT2D eigenvalue weighted by Crippen LogP contribution is -2.49. The highest BCUT2D eigenvalue weighted by Crippen LogP contribution is 2.28. The van der Waals surface area contributed by atoms with Gasteiger partial charge in [-0.2, -0.15) is 0 Å². The van der Waals surface area contributed by atoms with E-state index >= 15 is 0 Å². The molecule has 7 nitrogen and oxygen atoms in total. The molecule has 0 saturated carbocycles. The first-order chi connectivity index (χ1) is 14.7. The van der Waals surface area contributed by atoms with Gasteiger partial charge in [-0.15, -0.1) is 0 Å². The van der Waals surface area contributed by atoms with E-state index in [0.29, 0.717) is 19.6 Å². The normalized spacial score (nSPS) is 19.5. The molecule has 0 spiro atoms. The highest BCUT2D eigenvalue weighted by Gasteiger charge is 2.26. The lowest BCUT2D eigenvalue weighted by atomic mass is 9.89. The summed E-state index contributed by atoms with van der Waals surface area (Å²) in [6.45, 7) is 4.43. The maximum absolute atomic E-state index is 13.1. The van der Waals surface area contributed by atoms with Crippen LogP contribution in [0.3, 0.4) is 0 Å². The van der Waals surface area contributed by atoms with Crippen LogP contribution in [0.5, 0.6) is 0 Å². The molecule has 2 aromatic rings. The van der Waals surface area contributed by atoms with Crippen LogP contribution in [-0.2, 0) is 0 Å². The lowest BCUT2D eigenvalue weighted by molar-refractivity contribution is 0.0746. The Bertz CT molecular complexity index is 880. The molecule has 3 heterocycles. The molecular formula is C23H29N5O2. The molecule has 2 aliphatic rings. The van der Waals surface area contributed by atoms with Gasteiger partial charge in [0.25, 0.3) is 5.91 Å². The molecule has 158 valence electrons. The number of aromatic nitrogens is 1. The third-order valence-corrected chi connectivity index (χ3v) is 6.07. The number of piperazine rings is 1. The first-order valence-corrected chi connectivity index (χ1v) is 10.7. The van der Waals surface area contributed by atoms with E-state index < -0.39 is 0 Å². The topological polar surface area (TPSA) is 68.8 Å². The van der Waals surface area contributed by atoms with Gasteiger partial charge in [0.15, 0.2) is 0 Å². The number of anilines is 1. The smallest absolute Gasteiger partial charge is 0.317 e. The van der Waals surface area contributed by atoms with Gasteiger partial charge in [-0.3, -0.25) is 4.79 Å². The van der Waals surface area contributed by atoms with Crippen LogP contribution in [0.25, 0.3) is 0 Å². The zero-order valence-corrected chi connectivity index (χ0v) is 17.5. The number of carbonyl (C=O) groups excluding carboxylic acids is 2. The summed E-state index contributed by atoms with van der Waals surface area (Å²) >= 11 is 0. The Balaban J connectivity index is 1.40. The van der Waals surface area contributed by atoms with Crippen molar-refractivity contribution >= 4 is 17.8 Å². The van der Waals surface area contributed by atoms with E-state index in [-0.39, 0.29) is 17.9 Å². The van der Waals surface area contributed by atoms with Gasteiger partial charge >= 0.3 is 6.03 Å². The number of nitrogens with zero attached hydrogens (tertiary/aromatic N) is 4. The number of hydrogen-bond donors (Lipinski definition) is 1. The summed E-state index contributed by atoms with van der Waals surface area (Å²) in [5.41, 5.74) is 1.87. The summed E-state index contributed by atoms with van der Waals surface area (Å²) in [5.74, 6) is 1.31. The van der Waals surface area contributed by atoms with Crippen molar-refractivity contribution in [2.24, 2.45) is 0 Å². The molecule has 4 rings (SSSR count). The Hall–Kier alpha value is -3.09. The van der Waals surface area contributed by atoms with Crippen LogP contribution in [0.4, 0.5) is 10.6 Å². The number of rotatable bonds is 3. The fourth-order valence-electron chi connectivity index (χ4n) is 4.38. The average Bonchev–Trinajstić information content (AvgIpc) is 2.84. The zero-order valence-electron chi connectivity index (χ0n) is 17.5. The van der Waals surface area contributed by atoms with Gasteiger partial charge in [0.2, 0.25) is 0 Å². The molecule has 0 unspecified atom stereocenters. The number of benzene rings is 1. The predicted molar refractivity (Wildman–Crippen MR) is 117 cm³/mol. The van der Waals surface area contributed by atoms with Crippen molar-refractivity contribution in [1.29, 1.82) is 0 Å². The van der Waals surface area contributed by atoms with Gasteiger partial charge < -0.3 is 20.0 Å². The minimum absolute atomic E-state index is 0.0299. The minimum Gasteiger partial charge on any atom is -0.353 e. The molecule has 0 aliphatic carbocycles. The fourth-order valence-corrected chi connectivity index (χ4v) is 4.38. The second-order valence-electron chi connectivity index (χ2n) is 7.93. The highest BCUT2D eigenvalue weighted by atomic mass is 16.2. The third kappa shape index (κ3) is 4.40. The molecule has 7 heteroatoms. The molecule has 2 aliphatic heterocycles. The number of carbonyl (C=O) groups is 2. The van der Waals surface area contributed by atoms with Crippen LogP contribution >= 0.6 is 0 Å². The van der Waals surface area contributed by atoms with E-state index in [9.17, 15) is 9.59 Å². The Morgan fingerprint density at radius 1 is 1.00 bits per heavy atom. The second kappa shape index (κ2) is 9.15. The number of urea groups is 1. The van der Waals surface area contributed by atoms with E-state index in [0.717, 1.165) is 49.4 Å². The third-order valence-electron chi connectivity index (χ3n) is 6.07. The monoisotopic (exact) mass is 407 g/mol. The quantitative estimate of drug-likeness (QED) is 0.849. The fraction of sp³-hybridized carbons (Fsp3) is 0.435. The largest absolute Gasteiger partial charge is 0.353 e. The number of pyridine rings is 1. The summed E-state index contributed by atoms with van der Waals surface area (Å²) in [6, 6.07) is 13.8.